The van der Waals surface area contributed by atoms with Crippen LogP contribution in [0.1, 0.15) is 27.7 Å². The van der Waals surface area contributed by atoms with Crippen molar-refractivity contribution in [2.75, 3.05) is 45.9 Å². The van der Waals surface area contributed by atoms with Gasteiger partial charge in [0.05, 0.1) is 0 Å². The minimum Gasteiger partial charge on any atom is -0.484 e. The van der Waals surface area contributed by atoms with E-state index in [0.717, 1.165) is 45.0 Å². The molecule has 1 unspecified atom stereocenters. The predicted molar refractivity (Wildman–Crippen MR) is 104 cm³/mol. The van der Waals surface area contributed by atoms with Gasteiger partial charge >= 0.3 is 0 Å². The number of ether oxygens (including phenoxy) is 1. The molecule has 0 spiro atoms. The standard InChI is InChI=1S/C21H33N3O2/c1-17(2)12-22-13-18-14-23(10-11-24(18)21(3,4)16-22)20(25)15-26-19-8-6-5-7-9-19/h5-9,17-18H,10-16H2,1-4H3. The monoisotopic (exact) mass is 359 g/mol. The van der Waals surface area contributed by atoms with Crippen LogP contribution in [0.4, 0.5) is 0 Å². The van der Waals surface area contributed by atoms with Crippen LogP contribution in [0.15, 0.2) is 30.3 Å². The SMILES string of the molecule is CC(C)CN1CC2CN(C(=O)COc3ccccc3)CCN2C(C)(C)C1. The second kappa shape index (κ2) is 7.97. The third-order valence-corrected chi connectivity index (χ3v) is 5.42. The maximum Gasteiger partial charge on any atom is 0.260 e. The Morgan fingerprint density at radius 3 is 2.62 bits per heavy atom. The van der Waals surface area contributed by atoms with Crippen LogP contribution in [0.25, 0.3) is 0 Å². The molecule has 0 bridgehead atoms. The van der Waals surface area contributed by atoms with Gasteiger partial charge in [-0.2, -0.15) is 0 Å². The highest BCUT2D eigenvalue weighted by Gasteiger charge is 2.43. The number of piperazine rings is 2. The lowest BCUT2D eigenvalue weighted by atomic mass is 9.92. The average Bonchev–Trinajstić information content (AvgIpc) is 2.59. The van der Waals surface area contributed by atoms with E-state index in [-0.39, 0.29) is 18.1 Å². The van der Waals surface area contributed by atoms with Crippen LogP contribution in [0.5, 0.6) is 5.75 Å². The number of hydrogen-bond acceptors (Lipinski definition) is 4. The summed E-state index contributed by atoms with van der Waals surface area (Å²) in [5.41, 5.74) is 0.160. The summed E-state index contributed by atoms with van der Waals surface area (Å²) in [6.45, 7) is 15.2. The van der Waals surface area contributed by atoms with Crippen molar-refractivity contribution in [3.05, 3.63) is 30.3 Å². The molecule has 2 heterocycles. The van der Waals surface area contributed by atoms with Gasteiger partial charge in [-0.25, -0.2) is 0 Å². The average molecular weight is 360 g/mol. The van der Waals surface area contributed by atoms with Crippen molar-refractivity contribution in [1.29, 1.82) is 0 Å². The lowest BCUT2D eigenvalue weighted by molar-refractivity contribution is -0.141. The van der Waals surface area contributed by atoms with E-state index < -0.39 is 0 Å². The van der Waals surface area contributed by atoms with E-state index >= 15 is 0 Å². The summed E-state index contributed by atoms with van der Waals surface area (Å²) in [6, 6.07) is 9.98. The molecule has 0 aliphatic carbocycles. The number of hydrogen-bond donors (Lipinski definition) is 0. The number of carbonyl (C=O) groups is 1. The summed E-state index contributed by atoms with van der Waals surface area (Å²) >= 11 is 0. The van der Waals surface area contributed by atoms with Gasteiger partial charge in [-0.15, -0.1) is 0 Å². The fraction of sp³-hybridized carbons (Fsp3) is 0.667. The smallest absolute Gasteiger partial charge is 0.260 e. The maximum absolute atomic E-state index is 12.6. The van der Waals surface area contributed by atoms with E-state index in [2.05, 4.69) is 37.5 Å². The normalized spacial score (nSPS) is 23.7. The molecule has 1 aromatic rings. The molecule has 1 atom stereocenters. The Bertz CT molecular complexity index is 603. The minimum absolute atomic E-state index is 0.0901. The van der Waals surface area contributed by atoms with Crippen LogP contribution in [-0.2, 0) is 4.79 Å². The number of amides is 1. The largest absolute Gasteiger partial charge is 0.484 e. The predicted octanol–water partition coefficient (Wildman–Crippen LogP) is 2.33. The van der Waals surface area contributed by atoms with Gasteiger partial charge in [-0.05, 0) is 31.9 Å². The van der Waals surface area contributed by atoms with E-state index in [1.165, 1.54) is 0 Å². The van der Waals surface area contributed by atoms with Gasteiger partial charge in [0.1, 0.15) is 5.75 Å². The van der Waals surface area contributed by atoms with Gasteiger partial charge in [0.15, 0.2) is 6.61 Å². The molecule has 5 nitrogen and oxygen atoms in total. The van der Waals surface area contributed by atoms with Crippen molar-refractivity contribution in [3.63, 3.8) is 0 Å². The van der Waals surface area contributed by atoms with E-state index in [9.17, 15) is 4.79 Å². The number of fused-ring (bicyclic) bond motifs is 1. The molecular formula is C21H33N3O2. The number of para-hydroxylation sites is 1. The second-order valence-corrected chi connectivity index (χ2v) is 8.69. The Morgan fingerprint density at radius 2 is 1.92 bits per heavy atom. The molecule has 0 saturated carbocycles. The van der Waals surface area contributed by atoms with Crippen LogP contribution in [0.3, 0.4) is 0 Å². The van der Waals surface area contributed by atoms with Crippen LogP contribution in [-0.4, -0.2) is 78.1 Å². The summed E-state index contributed by atoms with van der Waals surface area (Å²) in [6.07, 6.45) is 0. The highest BCUT2D eigenvalue weighted by molar-refractivity contribution is 5.78. The van der Waals surface area contributed by atoms with Gasteiger partial charge in [-0.3, -0.25) is 14.6 Å². The second-order valence-electron chi connectivity index (χ2n) is 8.69. The zero-order valence-corrected chi connectivity index (χ0v) is 16.6. The number of benzene rings is 1. The summed E-state index contributed by atoms with van der Waals surface area (Å²) in [4.78, 5) is 19.8. The summed E-state index contributed by atoms with van der Waals surface area (Å²) < 4.78 is 5.66. The van der Waals surface area contributed by atoms with Crippen molar-refractivity contribution < 1.29 is 9.53 Å². The van der Waals surface area contributed by atoms with Gasteiger partial charge < -0.3 is 9.64 Å². The van der Waals surface area contributed by atoms with Gasteiger partial charge in [0.2, 0.25) is 0 Å². The van der Waals surface area contributed by atoms with Crippen LogP contribution in [0.2, 0.25) is 0 Å². The summed E-state index contributed by atoms with van der Waals surface area (Å²) in [5, 5.41) is 0. The molecule has 2 aliphatic rings. The molecule has 1 amide bonds. The van der Waals surface area contributed by atoms with E-state index in [1.807, 2.05) is 35.2 Å². The lowest BCUT2D eigenvalue weighted by Crippen LogP contribution is -2.70. The molecule has 3 rings (SSSR count). The molecular weight excluding hydrogens is 326 g/mol. The van der Waals surface area contributed by atoms with Gasteiger partial charge in [-0.1, -0.05) is 32.0 Å². The Balaban J connectivity index is 1.58. The maximum atomic E-state index is 12.6. The van der Waals surface area contributed by atoms with Crippen LogP contribution >= 0.6 is 0 Å². The first kappa shape index (κ1) is 19.2. The fourth-order valence-electron chi connectivity index (χ4n) is 4.44. The Hall–Kier alpha value is -1.59. The highest BCUT2D eigenvalue weighted by atomic mass is 16.5. The first-order chi connectivity index (χ1) is 12.3. The van der Waals surface area contributed by atoms with Crippen molar-refractivity contribution in [2.45, 2.75) is 39.3 Å². The third-order valence-electron chi connectivity index (χ3n) is 5.42. The molecule has 2 aliphatic heterocycles. The molecule has 2 fully saturated rings. The Labute approximate surface area is 157 Å². The lowest BCUT2D eigenvalue weighted by Gasteiger charge is -2.55. The minimum atomic E-state index is 0.0901. The van der Waals surface area contributed by atoms with Crippen molar-refractivity contribution >= 4 is 5.91 Å². The molecule has 0 radical (unpaired) electrons. The third kappa shape index (κ3) is 4.57. The van der Waals surface area contributed by atoms with Crippen molar-refractivity contribution in [3.8, 4) is 5.75 Å². The molecule has 0 aromatic heterocycles. The molecule has 5 heteroatoms. The molecule has 1 aromatic carbocycles. The van der Waals surface area contributed by atoms with E-state index in [0.29, 0.717) is 12.0 Å². The quantitative estimate of drug-likeness (QED) is 0.808. The van der Waals surface area contributed by atoms with Gasteiger partial charge in [0, 0.05) is 50.8 Å². The number of nitrogens with zero attached hydrogens (tertiary/aromatic N) is 3. The topological polar surface area (TPSA) is 36.0 Å². The van der Waals surface area contributed by atoms with E-state index in [1.54, 1.807) is 0 Å². The Kier molecular flexibility index (Phi) is 5.88. The first-order valence-corrected chi connectivity index (χ1v) is 9.80. The van der Waals surface area contributed by atoms with Crippen molar-refractivity contribution in [2.24, 2.45) is 5.92 Å². The zero-order valence-electron chi connectivity index (χ0n) is 16.6. The van der Waals surface area contributed by atoms with E-state index in [4.69, 9.17) is 4.74 Å². The molecule has 144 valence electrons. The van der Waals surface area contributed by atoms with Crippen LogP contribution in [0, 0.1) is 5.92 Å². The van der Waals surface area contributed by atoms with Crippen LogP contribution < -0.4 is 4.74 Å². The first-order valence-electron chi connectivity index (χ1n) is 9.80. The number of carbonyl (C=O) groups excluding carboxylic acids is 1. The molecule has 26 heavy (non-hydrogen) atoms. The zero-order chi connectivity index (χ0) is 18.7. The number of rotatable bonds is 5. The summed E-state index contributed by atoms with van der Waals surface area (Å²) in [7, 11) is 0. The van der Waals surface area contributed by atoms with Gasteiger partial charge in [0.25, 0.3) is 5.91 Å². The highest BCUT2D eigenvalue weighted by Crippen LogP contribution is 2.28. The summed E-state index contributed by atoms with van der Waals surface area (Å²) in [5.74, 6) is 1.51. The molecule has 2 saturated heterocycles. The molecule has 0 N–H and O–H groups in total. The Morgan fingerprint density at radius 1 is 1.19 bits per heavy atom. The van der Waals surface area contributed by atoms with Crippen molar-refractivity contribution in [1.82, 2.24) is 14.7 Å². The fourth-order valence-corrected chi connectivity index (χ4v) is 4.44.